The van der Waals surface area contributed by atoms with Crippen molar-refractivity contribution in [2.45, 2.75) is 11.4 Å². The summed E-state index contributed by atoms with van der Waals surface area (Å²) >= 11 is 16.1. The van der Waals surface area contributed by atoms with Crippen LogP contribution >= 0.6 is 34.8 Å². The standard InChI is InChI=1S/C5H8Cl3NO2/c1-2-9-4(10)11-5(7,8)3-6/h2-3H2,1H3,(H,9,10). The van der Waals surface area contributed by atoms with Crippen LogP contribution in [0.5, 0.6) is 0 Å². The van der Waals surface area contributed by atoms with E-state index in [2.05, 4.69) is 10.1 Å². The average molecular weight is 220 g/mol. The molecule has 0 heterocycles. The van der Waals surface area contributed by atoms with Crippen LogP contribution in [0.25, 0.3) is 0 Å². The first-order valence-electron chi connectivity index (χ1n) is 2.92. The predicted octanol–water partition coefficient (Wildman–Crippen LogP) is 2.10. The smallest absolute Gasteiger partial charge is 0.409 e. The molecule has 0 saturated carbocycles. The fourth-order valence-electron chi connectivity index (χ4n) is 0.343. The lowest BCUT2D eigenvalue weighted by Gasteiger charge is -2.16. The fraction of sp³-hybridized carbons (Fsp3) is 0.800. The number of ether oxygens (including phenoxy) is 1. The topological polar surface area (TPSA) is 38.3 Å². The van der Waals surface area contributed by atoms with E-state index in [-0.39, 0.29) is 5.88 Å². The lowest BCUT2D eigenvalue weighted by atomic mass is 10.7. The molecule has 0 aliphatic rings. The van der Waals surface area contributed by atoms with Gasteiger partial charge < -0.3 is 10.1 Å². The fourth-order valence-corrected chi connectivity index (χ4v) is 0.538. The molecule has 0 spiro atoms. The minimum atomic E-state index is -1.64. The van der Waals surface area contributed by atoms with Gasteiger partial charge in [-0.3, -0.25) is 0 Å². The number of alkyl carbamates (subject to hydrolysis) is 1. The van der Waals surface area contributed by atoms with Crippen molar-refractivity contribution in [1.29, 1.82) is 0 Å². The molecule has 1 N–H and O–H groups in total. The zero-order chi connectivity index (χ0) is 8.91. The Kier molecular flexibility index (Phi) is 4.97. The molecule has 6 heteroatoms. The van der Waals surface area contributed by atoms with Gasteiger partial charge in [0.1, 0.15) is 0 Å². The molecule has 0 bridgehead atoms. The molecule has 0 saturated heterocycles. The Morgan fingerprint density at radius 1 is 1.64 bits per heavy atom. The van der Waals surface area contributed by atoms with Gasteiger partial charge in [-0.2, -0.15) is 0 Å². The van der Waals surface area contributed by atoms with Crippen LogP contribution < -0.4 is 5.32 Å². The van der Waals surface area contributed by atoms with Gasteiger partial charge in [0.15, 0.2) is 0 Å². The Morgan fingerprint density at radius 2 is 2.18 bits per heavy atom. The highest BCUT2D eigenvalue weighted by Crippen LogP contribution is 2.23. The van der Waals surface area contributed by atoms with E-state index in [0.29, 0.717) is 6.54 Å². The van der Waals surface area contributed by atoms with Crippen molar-refractivity contribution in [2.75, 3.05) is 12.4 Å². The lowest BCUT2D eigenvalue weighted by molar-refractivity contribution is 0.125. The van der Waals surface area contributed by atoms with Gasteiger partial charge in [-0.15, -0.1) is 11.6 Å². The number of hydrogen-bond donors (Lipinski definition) is 1. The summed E-state index contributed by atoms with van der Waals surface area (Å²) in [5.41, 5.74) is 0. The van der Waals surface area contributed by atoms with Crippen molar-refractivity contribution >= 4 is 40.9 Å². The van der Waals surface area contributed by atoms with E-state index in [1.165, 1.54) is 0 Å². The first kappa shape index (κ1) is 11.1. The van der Waals surface area contributed by atoms with E-state index in [1.54, 1.807) is 6.92 Å². The summed E-state index contributed by atoms with van der Waals surface area (Å²) in [6.45, 7) is 2.19. The number of halogens is 3. The van der Waals surface area contributed by atoms with Gasteiger partial charge in [0, 0.05) is 6.54 Å². The predicted molar refractivity (Wildman–Crippen MR) is 45.3 cm³/mol. The quantitative estimate of drug-likeness (QED) is 0.740. The number of rotatable bonds is 3. The van der Waals surface area contributed by atoms with Crippen molar-refractivity contribution < 1.29 is 9.53 Å². The maximum absolute atomic E-state index is 10.7. The summed E-state index contributed by atoms with van der Waals surface area (Å²) in [6, 6.07) is 0. The van der Waals surface area contributed by atoms with E-state index in [1.807, 2.05) is 0 Å². The molecule has 0 aromatic carbocycles. The van der Waals surface area contributed by atoms with Gasteiger partial charge in [0.05, 0.1) is 5.88 Å². The maximum Gasteiger partial charge on any atom is 0.409 e. The molecule has 0 radical (unpaired) electrons. The van der Waals surface area contributed by atoms with Crippen molar-refractivity contribution in [3.05, 3.63) is 0 Å². The number of alkyl halides is 3. The van der Waals surface area contributed by atoms with E-state index < -0.39 is 10.6 Å². The molecule has 1 amide bonds. The Hall–Kier alpha value is 0.140. The second-order valence-corrected chi connectivity index (χ2v) is 3.37. The van der Waals surface area contributed by atoms with Crippen LogP contribution in [0.3, 0.4) is 0 Å². The minimum absolute atomic E-state index is 0.173. The Labute approximate surface area is 79.9 Å². The Bertz CT molecular complexity index is 140. The van der Waals surface area contributed by atoms with Crippen LogP contribution in [0.2, 0.25) is 0 Å². The highest BCUT2D eigenvalue weighted by molar-refractivity contribution is 6.50. The van der Waals surface area contributed by atoms with Gasteiger partial charge in [-0.05, 0) is 6.92 Å². The third-order valence-corrected chi connectivity index (χ3v) is 1.79. The number of nitrogens with one attached hydrogen (secondary N) is 1. The summed E-state index contributed by atoms with van der Waals surface area (Å²) in [6.07, 6.45) is -0.682. The van der Waals surface area contributed by atoms with Crippen LogP contribution in [0, 0.1) is 0 Å². The Morgan fingerprint density at radius 3 is 2.55 bits per heavy atom. The summed E-state index contributed by atoms with van der Waals surface area (Å²) in [5, 5.41) is 2.35. The van der Waals surface area contributed by atoms with Gasteiger partial charge >= 0.3 is 6.09 Å². The highest BCUT2D eigenvalue weighted by Gasteiger charge is 2.27. The van der Waals surface area contributed by atoms with Crippen molar-refractivity contribution in [2.24, 2.45) is 0 Å². The molecule has 0 aliphatic heterocycles. The number of carbonyl (C=O) groups excluding carboxylic acids is 1. The van der Waals surface area contributed by atoms with Crippen LogP contribution in [-0.4, -0.2) is 23.0 Å². The molecule has 66 valence electrons. The summed E-state index contributed by atoms with van der Waals surface area (Å²) < 4.78 is 2.84. The molecular weight excluding hydrogens is 212 g/mol. The summed E-state index contributed by atoms with van der Waals surface area (Å²) in [7, 11) is 0. The number of carbonyl (C=O) groups is 1. The zero-order valence-electron chi connectivity index (χ0n) is 5.86. The molecule has 0 aliphatic carbocycles. The third kappa shape index (κ3) is 5.41. The number of hydrogen-bond acceptors (Lipinski definition) is 2. The maximum atomic E-state index is 10.7. The van der Waals surface area contributed by atoms with E-state index in [9.17, 15) is 4.79 Å². The zero-order valence-corrected chi connectivity index (χ0v) is 8.13. The van der Waals surface area contributed by atoms with Crippen LogP contribution in [0.1, 0.15) is 6.92 Å². The first-order chi connectivity index (χ1) is 5.02. The molecule has 0 aromatic heterocycles. The van der Waals surface area contributed by atoms with Crippen molar-refractivity contribution in [3.63, 3.8) is 0 Å². The molecular formula is C5H8Cl3NO2. The second kappa shape index (κ2) is 4.91. The van der Waals surface area contributed by atoms with Crippen LogP contribution in [-0.2, 0) is 4.74 Å². The molecule has 11 heavy (non-hydrogen) atoms. The first-order valence-corrected chi connectivity index (χ1v) is 4.21. The van der Waals surface area contributed by atoms with Crippen molar-refractivity contribution in [1.82, 2.24) is 5.32 Å². The molecule has 0 rings (SSSR count). The van der Waals surface area contributed by atoms with Gasteiger partial charge in [-0.25, -0.2) is 4.79 Å². The molecule has 0 atom stereocenters. The molecule has 0 fully saturated rings. The lowest BCUT2D eigenvalue weighted by Crippen LogP contribution is -2.32. The molecule has 0 aromatic rings. The van der Waals surface area contributed by atoms with Crippen LogP contribution in [0.4, 0.5) is 4.79 Å². The largest absolute Gasteiger partial charge is 0.411 e. The average Bonchev–Trinajstić information content (AvgIpc) is 1.87. The SMILES string of the molecule is CCNC(=O)OC(Cl)(Cl)CCl. The van der Waals surface area contributed by atoms with E-state index >= 15 is 0 Å². The van der Waals surface area contributed by atoms with Gasteiger partial charge in [0.25, 0.3) is 4.52 Å². The highest BCUT2D eigenvalue weighted by atomic mass is 35.5. The molecule has 3 nitrogen and oxygen atoms in total. The Balaban J connectivity index is 3.74. The molecule has 0 unspecified atom stereocenters. The monoisotopic (exact) mass is 219 g/mol. The minimum Gasteiger partial charge on any atom is -0.411 e. The third-order valence-electron chi connectivity index (χ3n) is 0.719. The summed E-state index contributed by atoms with van der Waals surface area (Å²) in [5.74, 6) is -0.173. The van der Waals surface area contributed by atoms with E-state index in [4.69, 9.17) is 34.8 Å². The van der Waals surface area contributed by atoms with Gasteiger partial charge in [-0.1, -0.05) is 23.2 Å². The summed E-state index contributed by atoms with van der Waals surface area (Å²) in [4.78, 5) is 10.7. The number of amides is 1. The second-order valence-electron chi connectivity index (χ2n) is 1.69. The van der Waals surface area contributed by atoms with Crippen molar-refractivity contribution in [3.8, 4) is 0 Å². The van der Waals surface area contributed by atoms with Crippen LogP contribution in [0.15, 0.2) is 0 Å². The van der Waals surface area contributed by atoms with E-state index in [0.717, 1.165) is 0 Å². The normalized spacial score (nSPS) is 10.9. The van der Waals surface area contributed by atoms with Gasteiger partial charge in [0.2, 0.25) is 0 Å².